The molecule has 0 bridgehead atoms. The van der Waals surface area contributed by atoms with Crippen molar-refractivity contribution in [1.82, 2.24) is 88.5 Å². The molecule has 0 aliphatic heterocycles. The van der Waals surface area contributed by atoms with Crippen LogP contribution in [0.25, 0.3) is 67.4 Å². The van der Waals surface area contributed by atoms with Crippen molar-refractivity contribution >= 4 is 22.6 Å². The topological polar surface area (TPSA) is 272 Å². The molecule has 0 amide bonds. The number of ether oxygens (including phenoxy) is 8. The summed E-state index contributed by atoms with van der Waals surface area (Å²) in [4.78, 5) is 18.5. The van der Waals surface area contributed by atoms with Crippen LogP contribution >= 0.6 is 0 Å². The zero-order valence-electron chi connectivity index (χ0n) is 57.1. The Bertz CT molecular complexity index is 4950. The fourth-order valence-corrected chi connectivity index (χ4v) is 8.90. The van der Waals surface area contributed by atoms with Gasteiger partial charge in [-0.25, -0.2) is 37.5 Å². The van der Waals surface area contributed by atoms with Gasteiger partial charge in [-0.3, -0.25) is 18.2 Å². The normalized spacial score (nSPS) is 12.7. The van der Waals surface area contributed by atoms with E-state index in [1.807, 2.05) is 0 Å². The molecule has 0 saturated carbocycles. The third kappa shape index (κ3) is 19.3. The number of alkyl halides is 14. The second-order valence-corrected chi connectivity index (χ2v) is 23.4. The Labute approximate surface area is 595 Å². The molecule has 12 aromatic rings. The Balaban J connectivity index is 0.000000166. The van der Waals surface area contributed by atoms with Crippen LogP contribution in [0.1, 0.15) is 64.8 Å². The minimum Gasteiger partial charge on any atom is -0.466 e. The summed E-state index contributed by atoms with van der Waals surface area (Å²) in [5.74, 6) is -6.48. The van der Waals surface area contributed by atoms with Gasteiger partial charge in [0.1, 0.15) is 19.8 Å². The fourth-order valence-electron chi connectivity index (χ4n) is 8.90. The number of pyridine rings is 6. The number of hydrogen-bond acceptors (Lipinski definition) is 22. The Morgan fingerprint density at radius 3 is 1.31 bits per heavy atom. The molecule has 576 valence electrons. The molecule has 44 heteroatoms. The van der Waals surface area contributed by atoms with Crippen LogP contribution in [-0.4, -0.2) is 165 Å². The lowest BCUT2D eigenvalue weighted by Crippen LogP contribution is -2.45. The van der Waals surface area contributed by atoms with E-state index in [2.05, 4.69) is 85.0 Å². The van der Waals surface area contributed by atoms with Gasteiger partial charge in [0.15, 0.2) is 87.2 Å². The number of aromatic nitrogens is 18. The lowest BCUT2D eigenvalue weighted by molar-refractivity contribution is -0.251. The van der Waals surface area contributed by atoms with E-state index in [1.54, 1.807) is 57.6 Å². The molecule has 0 unspecified atom stereocenters. The Hall–Kier alpha value is -11.3. The monoisotopic (exact) mass is 1550 g/mol. The molecule has 0 radical (unpaired) electrons. The highest BCUT2D eigenvalue weighted by molar-refractivity contribution is 5.66. The minimum absolute atomic E-state index is 0.00679. The largest absolute Gasteiger partial charge is 0.466 e. The lowest BCUT2D eigenvalue weighted by Gasteiger charge is -2.28. The Morgan fingerprint density at radius 1 is 0.426 bits per heavy atom. The Morgan fingerprint density at radius 2 is 0.852 bits per heavy atom. The van der Waals surface area contributed by atoms with E-state index in [1.165, 1.54) is 51.4 Å². The molecular weight excluding hydrogens is 1490 g/mol. The van der Waals surface area contributed by atoms with Crippen molar-refractivity contribution in [3.05, 3.63) is 157 Å². The molecule has 0 N–H and O–H groups in total. The molecule has 108 heavy (non-hydrogen) atoms. The molecule has 0 aromatic carbocycles. The average Bonchev–Trinajstić information content (AvgIpc) is 1.50. The molecule has 0 fully saturated rings. The second-order valence-electron chi connectivity index (χ2n) is 23.4. The molecule has 26 nitrogen and oxygen atoms in total. The van der Waals surface area contributed by atoms with E-state index < -0.39 is 107 Å². The molecule has 0 aliphatic rings. The lowest BCUT2D eigenvalue weighted by atomic mass is 10.1. The first-order valence-corrected chi connectivity index (χ1v) is 30.8. The van der Waals surface area contributed by atoms with Crippen molar-refractivity contribution in [2.75, 3.05) is 34.5 Å². The van der Waals surface area contributed by atoms with Crippen LogP contribution in [0, 0.1) is 23.3 Å². The van der Waals surface area contributed by atoms with Gasteiger partial charge in [-0.05, 0) is 102 Å². The van der Waals surface area contributed by atoms with E-state index in [9.17, 15) is 79.0 Å². The predicted octanol–water partition coefficient (Wildman–Crippen LogP) is 13.7. The van der Waals surface area contributed by atoms with E-state index in [4.69, 9.17) is 23.7 Å². The number of fused-ring (bicyclic) bond motifs is 4. The zero-order valence-corrected chi connectivity index (χ0v) is 57.1. The summed E-state index contributed by atoms with van der Waals surface area (Å²) in [5, 5.41) is 35.0. The standard InChI is InChI=1S/C17H16F4N4O2.C16H13F6N5O2.C16H15F4N5O2.C15H12F4N4O2/c1-16(2,17(19,20)21)27-15-12(18)6-11(7-22-15)10-4-5-13-23-24-14(9-26-3)25(13)8-10;1-3-28-16(21,22)14-26-25-12-6-23-11(7-27(12)14)9-4-10(17)13(24-5-9)29-8(2)15(18,19)20;1-15(2,16(18,19)20)27-14-10(17)6-9(7-21-14)11-4-5-12-22-23-13(8-26-3)25(12)24-11;1-24-7-13-22-21-12-3-2-9(6-23(12)13)10-4-11(16)14(20-5-10)25-8-15(17,18)19/h4-8H,9H2,1-3H3;4-8H,3H2,1-2H3;4-7H,8H2,1-3H3;2-6H,7-8H2,1H3/t;8-;;/m.1../s1. The van der Waals surface area contributed by atoms with Gasteiger partial charge in [0.2, 0.25) is 5.82 Å². The highest BCUT2D eigenvalue weighted by Crippen LogP contribution is 2.38. The summed E-state index contributed by atoms with van der Waals surface area (Å²) < 4.78 is 280. The van der Waals surface area contributed by atoms with Gasteiger partial charge in [0, 0.05) is 98.1 Å². The van der Waals surface area contributed by atoms with Crippen LogP contribution in [0.3, 0.4) is 0 Å². The molecule has 12 aromatic heterocycles. The van der Waals surface area contributed by atoms with Crippen LogP contribution in [-0.2, 0) is 44.9 Å². The number of nitrogens with zero attached hydrogens (tertiary/aromatic N) is 18. The molecule has 0 aliphatic carbocycles. The molecule has 12 rings (SSSR count). The molecule has 0 spiro atoms. The van der Waals surface area contributed by atoms with E-state index >= 15 is 0 Å². The van der Waals surface area contributed by atoms with Crippen LogP contribution in [0.5, 0.6) is 23.5 Å². The van der Waals surface area contributed by atoms with Gasteiger partial charge < -0.3 is 37.9 Å². The zero-order chi connectivity index (χ0) is 79.1. The van der Waals surface area contributed by atoms with Crippen molar-refractivity contribution < 1.29 is 117 Å². The first-order valence-electron chi connectivity index (χ1n) is 30.8. The van der Waals surface area contributed by atoms with Gasteiger partial charge in [-0.15, -0.1) is 40.8 Å². The smallest absolute Gasteiger partial charge is 0.427 e. The van der Waals surface area contributed by atoms with Crippen molar-refractivity contribution in [2.45, 2.75) is 109 Å². The molecule has 12 heterocycles. The van der Waals surface area contributed by atoms with Crippen molar-refractivity contribution in [3.63, 3.8) is 0 Å². The quantitative estimate of drug-likeness (QED) is 0.0605. The van der Waals surface area contributed by atoms with Crippen LogP contribution in [0.15, 0.2) is 110 Å². The maximum absolute atomic E-state index is 14.3. The van der Waals surface area contributed by atoms with Crippen molar-refractivity contribution in [1.29, 1.82) is 0 Å². The maximum Gasteiger partial charge on any atom is 0.427 e. The predicted molar refractivity (Wildman–Crippen MR) is 337 cm³/mol. The van der Waals surface area contributed by atoms with Gasteiger partial charge in [-0.2, -0.15) is 71.1 Å². The summed E-state index contributed by atoms with van der Waals surface area (Å²) in [6, 6.07) is 13.8. The van der Waals surface area contributed by atoms with E-state index in [-0.39, 0.29) is 48.9 Å². The average molecular weight is 1550 g/mol. The van der Waals surface area contributed by atoms with Crippen LogP contribution in [0.2, 0.25) is 0 Å². The van der Waals surface area contributed by atoms with Gasteiger partial charge >= 0.3 is 30.8 Å². The minimum atomic E-state index is -4.70. The summed E-state index contributed by atoms with van der Waals surface area (Å²) in [5.41, 5.74) is -1.08. The molecule has 1 atom stereocenters. The summed E-state index contributed by atoms with van der Waals surface area (Å²) >= 11 is 0. The van der Waals surface area contributed by atoms with E-state index in [0.29, 0.717) is 69.3 Å². The first-order chi connectivity index (χ1) is 50.6. The molecule has 0 saturated heterocycles. The fraction of sp³-hybridized carbons (Fsp3) is 0.344. The van der Waals surface area contributed by atoms with Crippen molar-refractivity contribution in [2.24, 2.45) is 0 Å². The Kier molecular flexibility index (Phi) is 24.3. The van der Waals surface area contributed by atoms with Crippen LogP contribution in [0.4, 0.5) is 79.0 Å². The number of halogens is 18. The van der Waals surface area contributed by atoms with E-state index in [0.717, 1.165) is 75.0 Å². The van der Waals surface area contributed by atoms with Gasteiger partial charge in [-0.1, -0.05) is 0 Å². The van der Waals surface area contributed by atoms with Crippen molar-refractivity contribution in [3.8, 4) is 68.3 Å². The number of rotatable bonds is 21. The number of methoxy groups -OCH3 is 3. The summed E-state index contributed by atoms with van der Waals surface area (Å²) in [7, 11) is 4.53. The SMILES string of the molecule is CCOC(F)(F)c1nnc2cnc(-c3cnc(O[C@H](C)C(F)(F)F)c(F)c3)cn12.COCc1nnc2ccc(-c3cnc(OC(C)(C)C(F)(F)F)c(F)c3)cn12.COCc1nnc2ccc(-c3cnc(OC(C)(C)C(F)(F)F)c(F)c3)nn12.COCc1nnc2ccc(-c3cnc(OCC(F)(F)F)c(F)c3)cn12. The molecular formula is C64H56F18N18O8. The highest BCUT2D eigenvalue weighted by Gasteiger charge is 2.52. The van der Waals surface area contributed by atoms with Gasteiger partial charge in [0.05, 0.1) is 24.2 Å². The maximum atomic E-state index is 14.3. The van der Waals surface area contributed by atoms with Gasteiger partial charge in [0.25, 0.3) is 23.5 Å². The number of hydrogen-bond donors (Lipinski definition) is 0. The first kappa shape index (κ1) is 80.8. The summed E-state index contributed by atoms with van der Waals surface area (Å²) in [6.45, 7) is 4.02. The third-order valence-corrected chi connectivity index (χ3v) is 14.7. The highest BCUT2D eigenvalue weighted by atomic mass is 19.4. The second kappa shape index (κ2) is 32.4. The summed E-state index contributed by atoms with van der Waals surface area (Å²) in [6.07, 6.45) is -14.4. The third-order valence-electron chi connectivity index (χ3n) is 14.7. The van der Waals surface area contributed by atoms with Crippen LogP contribution < -0.4 is 18.9 Å².